The van der Waals surface area contributed by atoms with E-state index in [0.717, 1.165) is 5.56 Å². The van der Waals surface area contributed by atoms with Crippen LogP contribution in [0.5, 0.6) is 0 Å². The minimum Gasteiger partial charge on any atom is -0.353 e. The summed E-state index contributed by atoms with van der Waals surface area (Å²) in [5.74, 6) is 0.582. The van der Waals surface area contributed by atoms with Crippen LogP contribution in [0.15, 0.2) is 0 Å². The van der Waals surface area contributed by atoms with E-state index >= 15 is 0 Å². The molecule has 0 N–H and O–H groups in total. The maximum atomic E-state index is 3.31. The summed E-state index contributed by atoms with van der Waals surface area (Å²) in [6.07, 6.45) is 0. The van der Waals surface area contributed by atoms with Gasteiger partial charge in [0.25, 0.3) is 0 Å². The maximum Gasteiger partial charge on any atom is 0 e. The minimum absolute atomic E-state index is 0. The second-order valence-corrected chi connectivity index (χ2v) is 3.69. The van der Waals surface area contributed by atoms with Crippen molar-refractivity contribution in [2.45, 2.75) is 40.5 Å². The molecule has 0 bridgehead atoms. The van der Waals surface area contributed by atoms with Crippen LogP contribution in [0.25, 0.3) is 0 Å². The Morgan fingerprint density at radius 2 is 1.13 bits per heavy atom. The van der Waals surface area contributed by atoms with Crippen LogP contribution in [0.3, 0.4) is 0 Å². The van der Waals surface area contributed by atoms with Crippen LogP contribution in [0.4, 0.5) is 0 Å². The van der Waals surface area contributed by atoms with Gasteiger partial charge >= 0.3 is 0 Å². The summed E-state index contributed by atoms with van der Waals surface area (Å²) in [5, 5.41) is 0. The van der Waals surface area contributed by atoms with Gasteiger partial charge in [0.05, 0.1) is 0 Å². The molecule has 75 valence electrons. The zero-order valence-corrected chi connectivity index (χ0v) is 18.8. The molecule has 0 aliphatic carbocycles. The molecule has 0 atom stereocenters. The first-order chi connectivity index (χ1) is 5.52. The van der Waals surface area contributed by atoms with E-state index in [9.17, 15) is 0 Å². The van der Waals surface area contributed by atoms with Gasteiger partial charge in [-0.3, -0.25) is 22.3 Å². The molecule has 1 rings (SSSR count). The van der Waals surface area contributed by atoms with Gasteiger partial charge in [-0.2, -0.15) is 0 Å². The molecule has 0 aromatic heterocycles. The Balaban J connectivity index is -0.000000480. The summed E-state index contributed by atoms with van der Waals surface area (Å²) in [6, 6.07) is 6.61. The van der Waals surface area contributed by atoms with Crippen LogP contribution in [-0.2, 0) is 98.1 Å². The van der Waals surface area contributed by atoms with Crippen molar-refractivity contribution in [1.29, 1.82) is 0 Å². The second-order valence-electron chi connectivity index (χ2n) is 3.69. The van der Waals surface area contributed by atoms with Crippen molar-refractivity contribution < 1.29 is 98.1 Å². The fourth-order valence-corrected chi connectivity index (χ4v) is 1.88. The normalized spacial score (nSPS) is 8.67. The van der Waals surface area contributed by atoms with Gasteiger partial charge in [0.2, 0.25) is 0 Å². The summed E-state index contributed by atoms with van der Waals surface area (Å²) in [5.41, 5.74) is 5.08. The van der Waals surface area contributed by atoms with Gasteiger partial charge in [-0.25, -0.2) is 0 Å². The number of rotatable bonds is 1. The molecule has 0 saturated heterocycles. The molecule has 0 nitrogen and oxygen atoms in total. The molecular formula is C12H16Y3-2. The topological polar surface area (TPSA) is 0 Å². The summed E-state index contributed by atoms with van der Waals surface area (Å²) in [6.45, 7) is 10.7. The standard InChI is InChI=1S/C12H16.3Y/c1-8(2)12-10(4)6-9(3)7-11(12)5;;;/h8H,1-5H3;;;/q-2;;;. The predicted molar refractivity (Wildman–Crippen MR) is 52.4 cm³/mol. The first-order valence-corrected chi connectivity index (χ1v) is 4.44. The van der Waals surface area contributed by atoms with E-state index in [0.29, 0.717) is 5.92 Å². The number of hydrogen-bond donors (Lipinski definition) is 0. The Morgan fingerprint density at radius 3 is 1.40 bits per heavy atom. The second kappa shape index (κ2) is 10.5. The summed E-state index contributed by atoms with van der Waals surface area (Å²) >= 11 is 0. The third-order valence-electron chi connectivity index (χ3n) is 2.14. The van der Waals surface area contributed by atoms with Gasteiger partial charge in [-0.05, 0) is 0 Å². The molecule has 3 heteroatoms. The fourth-order valence-electron chi connectivity index (χ4n) is 1.88. The van der Waals surface area contributed by atoms with Crippen LogP contribution in [0.2, 0.25) is 0 Å². The van der Waals surface area contributed by atoms with Crippen molar-refractivity contribution in [2.24, 2.45) is 0 Å². The molecule has 15 heavy (non-hydrogen) atoms. The fraction of sp³-hybridized carbons (Fsp3) is 0.500. The Bertz CT molecular complexity index is 270. The van der Waals surface area contributed by atoms with Gasteiger partial charge in [-0.1, -0.05) is 34.6 Å². The number of hydrogen-bond acceptors (Lipinski definition) is 0. The van der Waals surface area contributed by atoms with Gasteiger partial charge in [0, 0.05) is 98.1 Å². The van der Waals surface area contributed by atoms with Crippen molar-refractivity contribution in [3.63, 3.8) is 0 Å². The molecule has 0 aliphatic heterocycles. The molecular weight excluding hydrogens is 411 g/mol. The molecule has 0 aliphatic rings. The zero-order chi connectivity index (χ0) is 9.30. The summed E-state index contributed by atoms with van der Waals surface area (Å²) in [4.78, 5) is 0. The summed E-state index contributed by atoms with van der Waals surface area (Å²) < 4.78 is 0. The van der Waals surface area contributed by atoms with E-state index in [1.807, 2.05) is 6.92 Å². The van der Waals surface area contributed by atoms with E-state index < -0.39 is 0 Å². The van der Waals surface area contributed by atoms with Crippen molar-refractivity contribution in [1.82, 2.24) is 0 Å². The number of aryl methyl sites for hydroxylation is 3. The maximum absolute atomic E-state index is 3.31. The monoisotopic (exact) mass is 427 g/mol. The Hall–Kier alpha value is 2.53. The average molecular weight is 427 g/mol. The van der Waals surface area contributed by atoms with Crippen molar-refractivity contribution >= 4 is 0 Å². The molecule has 1 aromatic carbocycles. The molecule has 0 fully saturated rings. The van der Waals surface area contributed by atoms with Crippen LogP contribution in [-0.4, -0.2) is 0 Å². The largest absolute Gasteiger partial charge is 0.353 e. The SMILES string of the molecule is Cc1[c-]c(C)c(C(C)C)c(C)[c-]1.[Y].[Y].[Y]. The van der Waals surface area contributed by atoms with E-state index in [1.165, 1.54) is 16.7 Å². The molecule has 1 aromatic rings. The molecule has 0 heterocycles. The van der Waals surface area contributed by atoms with Crippen LogP contribution >= 0.6 is 0 Å². The van der Waals surface area contributed by atoms with Crippen molar-refractivity contribution in [2.75, 3.05) is 0 Å². The van der Waals surface area contributed by atoms with Crippen LogP contribution < -0.4 is 0 Å². The molecule has 3 radical (unpaired) electrons. The van der Waals surface area contributed by atoms with E-state index in [2.05, 4.69) is 39.8 Å². The van der Waals surface area contributed by atoms with Gasteiger partial charge < -0.3 is 12.1 Å². The van der Waals surface area contributed by atoms with Crippen LogP contribution in [0, 0.1) is 32.9 Å². The Morgan fingerprint density at radius 1 is 0.800 bits per heavy atom. The van der Waals surface area contributed by atoms with Gasteiger partial charge in [-0.15, -0.1) is 5.92 Å². The van der Waals surface area contributed by atoms with Crippen molar-refractivity contribution in [3.05, 3.63) is 34.4 Å². The van der Waals surface area contributed by atoms with Crippen LogP contribution in [0.1, 0.15) is 42.0 Å². The third kappa shape index (κ3) is 6.88. The van der Waals surface area contributed by atoms with Gasteiger partial charge in [0.1, 0.15) is 0 Å². The number of benzene rings is 1. The smallest absolute Gasteiger partial charge is 0 e. The minimum atomic E-state index is 0. The average Bonchev–Trinajstić information content (AvgIpc) is 1.82. The Kier molecular flexibility index (Phi) is 15.8. The molecule has 0 saturated carbocycles. The van der Waals surface area contributed by atoms with Crippen molar-refractivity contribution in [3.8, 4) is 0 Å². The Labute approximate surface area is 170 Å². The molecule has 0 unspecified atom stereocenters. The predicted octanol–water partition coefficient (Wildman–Crippen LogP) is 3.33. The zero-order valence-electron chi connectivity index (χ0n) is 10.3. The quantitative estimate of drug-likeness (QED) is 0.604. The van der Waals surface area contributed by atoms with E-state index in [4.69, 9.17) is 0 Å². The van der Waals surface area contributed by atoms with E-state index in [-0.39, 0.29) is 98.1 Å². The molecule has 0 spiro atoms. The van der Waals surface area contributed by atoms with Gasteiger partial charge in [0.15, 0.2) is 0 Å². The first-order valence-electron chi connectivity index (χ1n) is 4.44. The first kappa shape index (κ1) is 22.7. The summed E-state index contributed by atoms with van der Waals surface area (Å²) in [7, 11) is 0. The molecule has 0 amide bonds. The third-order valence-corrected chi connectivity index (χ3v) is 2.14. The van der Waals surface area contributed by atoms with E-state index in [1.54, 1.807) is 0 Å².